The van der Waals surface area contributed by atoms with Crippen LogP contribution in [0, 0.1) is 0 Å². The van der Waals surface area contributed by atoms with Gasteiger partial charge < -0.3 is 5.32 Å². The quantitative estimate of drug-likeness (QED) is 0.658. The molecule has 0 aromatic rings. The molecule has 2 nitrogen and oxygen atoms in total. The van der Waals surface area contributed by atoms with Crippen LogP contribution in [0.2, 0.25) is 0 Å². The van der Waals surface area contributed by atoms with Crippen LogP contribution in [-0.2, 0) is 4.79 Å². The van der Waals surface area contributed by atoms with Gasteiger partial charge in [-0.2, -0.15) is 0 Å². The lowest BCUT2D eigenvalue weighted by atomic mass is 10.2. The van der Waals surface area contributed by atoms with Crippen LogP contribution in [0.15, 0.2) is 11.6 Å². The van der Waals surface area contributed by atoms with Crippen LogP contribution in [0.4, 0.5) is 0 Å². The Morgan fingerprint density at radius 3 is 3.20 bits per heavy atom. The molecular formula is C7H11NOS. The van der Waals surface area contributed by atoms with E-state index in [0.29, 0.717) is 0 Å². The SMILES string of the molecule is CCC[C@@H]1SC=CNC1=O. The fourth-order valence-electron chi connectivity index (χ4n) is 0.866. The summed E-state index contributed by atoms with van der Waals surface area (Å²) in [5.41, 5.74) is 0. The lowest BCUT2D eigenvalue weighted by Gasteiger charge is -2.15. The van der Waals surface area contributed by atoms with Crippen molar-refractivity contribution >= 4 is 17.7 Å². The molecule has 0 fully saturated rings. The molecule has 1 amide bonds. The molecule has 0 aromatic heterocycles. The highest BCUT2D eigenvalue weighted by Crippen LogP contribution is 2.19. The monoisotopic (exact) mass is 157 g/mol. The van der Waals surface area contributed by atoms with Gasteiger partial charge >= 0.3 is 0 Å². The first-order chi connectivity index (χ1) is 4.84. The Balaban J connectivity index is 2.43. The van der Waals surface area contributed by atoms with Crippen molar-refractivity contribution in [2.45, 2.75) is 25.0 Å². The molecule has 0 saturated heterocycles. The van der Waals surface area contributed by atoms with E-state index in [4.69, 9.17) is 0 Å². The average Bonchev–Trinajstić information content (AvgIpc) is 1.94. The summed E-state index contributed by atoms with van der Waals surface area (Å²) < 4.78 is 0. The zero-order chi connectivity index (χ0) is 7.40. The van der Waals surface area contributed by atoms with Crippen LogP contribution >= 0.6 is 11.8 Å². The maximum absolute atomic E-state index is 11.0. The molecule has 1 aliphatic heterocycles. The van der Waals surface area contributed by atoms with E-state index in [1.807, 2.05) is 5.41 Å². The van der Waals surface area contributed by atoms with Crippen molar-refractivity contribution in [2.24, 2.45) is 0 Å². The summed E-state index contributed by atoms with van der Waals surface area (Å²) in [7, 11) is 0. The van der Waals surface area contributed by atoms with Crippen LogP contribution < -0.4 is 5.32 Å². The third-order valence-corrected chi connectivity index (χ3v) is 2.45. The van der Waals surface area contributed by atoms with Crippen molar-refractivity contribution in [1.82, 2.24) is 5.32 Å². The molecule has 0 saturated carbocycles. The molecule has 0 aromatic carbocycles. The molecule has 0 radical (unpaired) electrons. The van der Waals surface area contributed by atoms with E-state index in [1.54, 1.807) is 18.0 Å². The number of hydrogen-bond acceptors (Lipinski definition) is 2. The Labute approximate surface area is 65.1 Å². The van der Waals surface area contributed by atoms with Gasteiger partial charge in [-0.15, -0.1) is 11.8 Å². The molecule has 1 atom stereocenters. The molecule has 3 heteroatoms. The molecule has 0 spiro atoms. The van der Waals surface area contributed by atoms with Gasteiger partial charge in [0.25, 0.3) is 0 Å². The van der Waals surface area contributed by atoms with E-state index < -0.39 is 0 Å². The molecule has 0 unspecified atom stereocenters. The smallest absolute Gasteiger partial charge is 0.237 e. The third-order valence-electron chi connectivity index (χ3n) is 1.38. The molecule has 0 bridgehead atoms. The number of nitrogens with one attached hydrogen (secondary N) is 1. The molecule has 1 aliphatic rings. The highest BCUT2D eigenvalue weighted by molar-refractivity contribution is 8.03. The van der Waals surface area contributed by atoms with E-state index in [2.05, 4.69) is 12.2 Å². The second kappa shape index (κ2) is 3.66. The zero-order valence-electron chi connectivity index (χ0n) is 5.96. The first-order valence-corrected chi connectivity index (χ1v) is 4.39. The van der Waals surface area contributed by atoms with Gasteiger partial charge in [-0.1, -0.05) is 13.3 Å². The van der Waals surface area contributed by atoms with E-state index in [9.17, 15) is 4.79 Å². The molecular weight excluding hydrogens is 146 g/mol. The van der Waals surface area contributed by atoms with Crippen LogP contribution in [-0.4, -0.2) is 11.2 Å². The van der Waals surface area contributed by atoms with Crippen molar-refractivity contribution in [3.05, 3.63) is 11.6 Å². The fraction of sp³-hybridized carbons (Fsp3) is 0.571. The van der Waals surface area contributed by atoms with Crippen molar-refractivity contribution in [3.63, 3.8) is 0 Å². The molecule has 1 rings (SSSR count). The van der Waals surface area contributed by atoms with Crippen LogP contribution in [0.1, 0.15) is 19.8 Å². The molecule has 1 heterocycles. The van der Waals surface area contributed by atoms with Gasteiger partial charge in [0.15, 0.2) is 0 Å². The number of hydrogen-bond donors (Lipinski definition) is 1. The standard InChI is InChI=1S/C7H11NOS/c1-2-3-6-7(9)8-4-5-10-6/h4-6H,2-3H2,1H3,(H,8,9)/t6-/m0/s1. The van der Waals surface area contributed by atoms with Crippen molar-refractivity contribution in [1.29, 1.82) is 0 Å². The first kappa shape index (κ1) is 7.66. The summed E-state index contributed by atoms with van der Waals surface area (Å²) >= 11 is 1.60. The molecule has 1 N–H and O–H groups in total. The third kappa shape index (κ3) is 1.77. The summed E-state index contributed by atoms with van der Waals surface area (Å²) in [4.78, 5) is 11.0. The van der Waals surface area contributed by atoms with Gasteiger partial charge in [-0.25, -0.2) is 0 Å². The second-order valence-electron chi connectivity index (χ2n) is 2.22. The summed E-state index contributed by atoms with van der Waals surface area (Å²) in [6.45, 7) is 2.09. The van der Waals surface area contributed by atoms with Crippen molar-refractivity contribution in [3.8, 4) is 0 Å². The predicted octanol–water partition coefficient (Wildman–Crippen LogP) is 1.49. The van der Waals surface area contributed by atoms with Crippen LogP contribution in [0.3, 0.4) is 0 Å². The minimum absolute atomic E-state index is 0.148. The van der Waals surface area contributed by atoms with E-state index in [1.165, 1.54) is 0 Å². The number of thioether (sulfide) groups is 1. The highest BCUT2D eigenvalue weighted by atomic mass is 32.2. The number of carbonyl (C=O) groups excluding carboxylic acids is 1. The van der Waals surface area contributed by atoms with Crippen molar-refractivity contribution in [2.75, 3.05) is 0 Å². The van der Waals surface area contributed by atoms with Gasteiger partial charge in [0.2, 0.25) is 5.91 Å². The summed E-state index contributed by atoms with van der Waals surface area (Å²) in [5, 5.41) is 4.76. The van der Waals surface area contributed by atoms with Crippen LogP contribution in [0.25, 0.3) is 0 Å². The van der Waals surface area contributed by atoms with E-state index in [0.717, 1.165) is 12.8 Å². The van der Waals surface area contributed by atoms with E-state index in [-0.39, 0.29) is 11.2 Å². The Morgan fingerprint density at radius 2 is 2.60 bits per heavy atom. The highest BCUT2D eigenvalue weighted by Gasteiger charge is 2.17. The molecule has 10 heavy (non-hydrogen) atoms. The Bertz CT molecular complexity index is 156. The minimum Gasteiger partial charge on any atom is -0.331 e. The van der Waals surface area contributed by atoms with Gasteiger partial charge in [0.05, 0.1) is 5.25 Å². The Kier molecular flexibility index (Phi) is 2.81. The predicted molar refractivity (Wildman–Crippen MR) is 43.6 cm³/mol. The Hall–Kier alpha value is -0.440. The Morgan fingerprint density at radius 1 is 1.80 bits per heavy atom. The normalized spacial score (nSPS) is 24.5. The number of rotatable bonds is 2. The lowest BCUT2D eigenvalue weighted by molar-refractivity contribution is -0.119. The maximum atomic E-state index is 11.0. The average molecular weight is 157 g/mol. The topological polar surface area (TPSA) is 29.1 Å². The summed E-state index contributed by atoms with van der Waals surface area (Å²) in [5.74, 6) is 0.148. The largest absolute Gasteiger partial charge is 0.331 e. The minimum atomic E-state index is 0.148. The second-order valence-corrected chi connectivity index (χ2v) is 3.34. The van der Waals surface area contributed by atoms with Crippen LogP contribution in [0.5, 0.6) is 0 Å². The van der Waals surface area contributed by atoms with Gasteiger partial charge in [-0.05, 0) is 11.8 Å². The van der Waals surface area contributed by atoms with Gasteiger partial charge in [0.1, 0.15) is 0 Å². The van der Waals surface area contributed by atoms with Gasteiger partial charge in [0, 0.05) is 6.20 Å². The maximum Gasteiger partial charge on any atom is 0.237 e. The molecule has 0 aliphatic carbocycles. The zero-order valence-corrected chi connectivity index (χ0v) is 6.78. The lowest BCUT2D eigenvalue weighted by Crippen LogP contribution is -2.30. The van der Waals surface area contributed by atoms with Crippen molar-refractivity contribution < 1.29 is 4.79 Å². The van der Waals surface area contributed by atoms with E-state index >= 15 is 0 Å². The fourth-order valence-corrected chi connectivity index (χ4v) is 1.77. The van der Waals surface area contributed by atoms with Gasteiger partial charge in [-0.3, -0.25) is 4.79 Å². The molecule has 56 valence electrons. The number of amides is 1. The first-order valence-electron chi connectivity index (χ1n) is 3.45. The number of carbonyl (C=O) groups is 1. The summed E-state index contributed by atoms with van der Waals surface area (Å²) in [6, 6.07) is 0. The summed E-state index contributed by atoms with van der Waals surface area (Å²) in [6.07, 6.45) is 3.74.